The van der Waals surface area contributed by atoms with Crippen molar-refractivity contribution in [1.82, 2.24) is 14.5 Å². The first-order valence-corrected chi connectivity index (χ1v) is 11.6. The summed E-state index contributed by atoms with van der Waals surface area (Å²) in [6.45, 7) is 3.46. The SMILES string of the molecule is O=C(CN1CCN(S(=O)(=O)c2ccc3ccccc3c2)CC1)NCC1CCCO1. The first kappa shape index (κ1) is 20.3. The van der Waals surface area contributed by atoms with Crippen LogP contribution in [-0.2, 0) is 19.6 Å². The molecule has 2 saturated heterocycles. The summed E-state index contributed by atoms with van der Waals surface area (Å²) in [6.07, 6.45) is 2.17. The molecule has 0 aromatic heterocycles. The maximum Gasteiger partial charge on any atom is 0.243 e. The van der Waals surface area contributed by atoms with Gasteiger partial charge in [0.25, 0.3) is 0 Å². The molecule has 1 unspecified atom stereocenters. The molecule has 7 nitrogen and oxygen atoms in total. The second-order valence-corrected chi connectivity index (χ2v) is 9.57. The van der Waals surface area contributed by atoms with Gasteiger partial charge >= 0.3 is 0 Å². The van der Waals surface area contributed by atoms with Crippen molar-refractivity contribution in [2.24, 2.45) is 0 Å². The number of ether oxygens (including phenoxy) is 1. The Morgan fingerprint density at radius 2 is 1.83 bits per heavy atom. The molecule has 2 aromatic carbocycles. The van der Waals surface area contributed by atoms with Gasteiger partial charge in [0.05, 0.1) is 17.5 Å². The van der Waals surface area contributed by atoms with Gasteiger partial charge in [0.15, 0.2) is 0 Å². The monoisotopic (exact) mass is 417 g/mol. The van der Waals surface area contributed by atoms with Gasteiger partial charge in [-0.3, -0.25) is 9.69 Å². The fourth-order valence-corrected chi connectivity index (χ4v) is 5.35. The smallest absolute Gasteiger partial charge is 0.243 e. The van der Waals surface area contributed by atoms with Gasteiger partial charge in [-0.05, 0) is 35.7 Å². The van der Waals surface area contributed by atoms with E-state index in [2.05, 4.69) is 5.32 Å². The standard InChI is InChI=1S/C21H27N3O4S/c25-21(22-15-19-6-3-13-28-19)16-23-9-11-24(12-10-23)29(26,27)20-8-7-17-4-1-2-5-18(17)14-20/h1-2,4-5,7-8,14,19H,3,6,9-13,15-16H2,(H,22,25). The van der Waals surface area contributed by atoms with Crippen LogP contribution in [0.15, 0.2) is 47.4 Å². The molecule has 4 rings (SSSR count). The number of piperazine rings is 1. The quantitative estimate of drug-likeness (QED) is 0.770. The number of nitrogens with zero attached hydrogens (tertiary/aromatic N) is 2. The Morgan fingerprint density at radius 3 is 2.55 bits per heavy atom. The van der Waals surface area contributed by atoms with Crippen molar-refractivity contribution in [1.29, 1.82) is 0 Å². The van der Waals surface area contributed by atoms with E-state index in [0.717, 1.165) is 30.2 Å². The number of amides is 1. The normalized spacial score (nSPS) is 21.4. The molecule has 0 bridgehead atoms. The summed E-state index contributed by atoms with van der Waals surface area (Å²) in [5.41, 5.74) is 0. The highest BCUT2D eigenvalue weighted by molar-refractivity contribution is 7.89. The van der Waals surface area contributed by atoms with Crippen LogP contribution in [0.25, 0.3) is 10.8 Å². The Kier molecular flexibility index (Phi) is 6.15. The zero-order chi connectivity index (χ0) is 20.3. The Hall–Kier alpha value is -2.00. The first-order valence-electron chi connectivity index (χ1n) is 10.1. The van der Waals surface area contributed by atoms with Crippen LogP contribution in [0, 0.1) is 0 Å². The lowest BCUT2D eigenvalue weighted by Crippen LogP contribution is -2.51. The minimum Gasteiger partial charge on any atom is -0.376 e. The van der Waals surface area contributed by atoms with Gasteiger partial charge < -0.3 is 10.1 Å². The van der Waals surface area contributed by atoms with E-state index in [4.69, 9.17) is 4.74 Å². The lowest BCUT2D eigenvalue weighted by atomic mass is 10.1. The van der Waals surface area contributed by atoms with E-state index in [1.807, 2.05) is 35.2 Å². The summed E-state index contributed by atoms with van der Waals surface area (Å²) < 4.78 is 33.1. The second-order valence-electron chi connectivity index (χ2n) is 7.63. The van der Waals surface area contributed by atoms with E-state index in [9.17, 15) is 13.2 Å². The highest BCUT2D eigenvalue weighted by Gasteiger charge is 2.29. The van der Waals surface area contributed by atoms with Crippen molar-refractivity contribution >= 4 is 26.7 Å². The average molecular weight is 418 g/mol. The van der Waals surface area contributed by atoms with Crippen LogP contribution in [0.4, 0.5) is 0 Å². The number of sulfonamides is 1. The van der Waals surface area contributed by atoms with Crippen LogP contribution < -0.4 is 5.32 Å². The molecule has 1 amide bonds. The number of benzene rings is 2. The summed E-state index contributed by atoms with van der Waals surface area (Å²) in [4.78, 5) is 14.5. The number of carbonyl (C=O) groups excluding carboxylic acids is 1. The third-order valence-electron chi connectivity index (χ3n) is 5.61. The zero-order valence-corrected chi connectivity index (χ0v) is 17.2. The van der Waals surface area contributed by atoms with Crippen LogP contribution >= 0.6 is 0 Å². The number of fused-ring (bicyclic) bond motifs is 1. The third kappa shape index (κ3) is 4.78. The minimum absolute atomic E-state index is 0.0358. The van der Waals surface area contributed by atoms with Crippen LogP contribution in [0.2, 0.25) is 0 Å². The Morgan fingerprint density at radius 1 is 1.07 bits per heavy atom. The van der Waals surface area contributed by atoms with Gasteiger partial charge in [-0.15, -0.1) is 0 Å². The van der Waals surface area contributed by atoms with Crippen LogP contribution in [-0.4, -0.2) is 75.5 Å². The average Bonchev–Trinajstić information content (AvgIpc) is 3.26. The maximum atomic E-state index is 13.0. The van der Waals surface area contributed by atoms with E-state index in [1.165, 1.54) is 4.31 Å². The van der Waals surface area contributed by atoms with Gasteiger partial charge in [-0.2, -0.15) is 4.31 Å². The summed E-state index contributed by atoms with van der Waals surface area (Å²) in [7, 11) is -3.54. The summed E-state index contributed by atoms with van der Waals surface area (Å²) >= 11 is 0. The topological polar surface area (TPSA) is 79.0 Å². The molecule has 0 spiro atoms. The molecule has 8 heteroatoms. The number of hydrogen-bond acceptors (Lipinski definition) is 5. The highest BCUT2D eigenvalue weighted by Crippen LogP contribution is 2.22. The van der Waals surface area contributed by atoms with Gasteiger partial charge in [0.1, 0.15) is 0 Å². The molecular formula is C21H27N3O4S. The maximum absolute atomic E-state index is 13.0. The number of hydrogen-bond donors (Lipinski definition) is 1. The van der Waals surface area contributed by atoms with Crippen molar-refractivity contribution < 1.29 is 17.9 Å². The minimum atomic E-state index is -3.54. The largest absolute Gasteiger partial charge is 0.376 e. The van der Waals surface area contributed by atoms with Crippen molar-refractivity contribution in [2.75, 3.05) is 45.9 Å². The molecule has 0 aliphatic carbocycles. The predicted molar refractivity (Wildman–Crippen MR) is 111 cm³/mol. The molecule has 156 valence electrons. The lowest BCUT2D eigenvalue weighted by molar-refractivity contribution is -0.123. The lowest BCUT2D eigenvalue weighted by Gasteiger charge is -2.33. The fourth-order valence-electron chi connectivity index (χ4n) is 3.90. The van der Waals surface area contributed by atoms with E-state index in [-0.39, 0.29) is 18.6 Å². The summed E-state index contributed by atoms with van der Waals surface area (Å²) in [5, 5.41) is 4.85. The van der Waals surface area contributed by atoms with Gasteiger partial charge in [-0.25, -0.2) is 8.42 Å². The molecule has 0 radical (unpaired) electrons. The van der Waals surface area contributed by atoms with Gasteiger partial charge in [-0.1, -0.05) is 30.3 Å². The van der Waals surface area contributed by atoms with Crippen molar-refractivity contribution in [3.05, 3.63) is 42.5 Å². The van der Waals surface area contributed by atoms with E-state index in [0.29, 0.717) is 37.6 Å². The summed E-state index contributed by atoms with van der Waals surface area (Å²) in [5.74, 6) is -0.0358. The zero-order valence-electron chi connectivity index (χ0n) is 16.4. The molecule has 0 saturated carbocycles. The highest BCUT2D eigenvalue weighted by atomic mass is 32.2. The van der Waals surface area contributed by atoms with Gasteiger partial charge in [0, 0.05) is 39.3 Å². The van der Waals surface area contributed by atoms with E-state index in [1.54, 1.807) is 12.1 Å². The predicted octanol–water partition coefficient (Wildman–Crippen LogP) is 1.44. The Balaban J connectivity index is 1.31. The molecule has 2 aliphatic rings. The molecule has 29 heavy (non-hydrogen) atoms. The Labute approximate surface area is 171 Å². The molecule has 2 fully saturated rings. The fraction of sp³-hybridized carbons (Fsp3) is 0.476. The van der Waals surface area contributed by atoms with Crippen LogP contribution in [0.1, 0.15) is 12.8 Å². The van der Waals surface area contributed by atoms with Gasteiger partial charge in [0.2, 0.25) is 15.9 Å². The van der Waals surface area contributed by atoms with Crippen LogP contribution in [0.3, 0.4) is 0 Å². The molecule has 2 aliphatic heterocycles. The Bertz CT molecular complexity index is 965. The second kappa shape index (κ2) is 8.79. The van der Waals surface area contributed by atoms with E-state index >= 15 is 0 Å². The van der Waals surface area contributed by atoms with Crippen molar-refractivity contribution in [3.63, 3.8) is 0 Å². The number of carbonyl (C=O) groups is 1. The van der Waals surface area contributed by atoms with Crippen molar-refractivity contribution in [3.8, 4) is 0 Å². The molecule has 1 N–H and O–H groups in total. The molecule has 2 aromatic rings. The number of rotatable bonds is 6. The molecular weight excluding hydrogens is 390 g/mol. The summed E-state index contributed by atoms with van der Waals surface area (Å²) in [6, 6.07) is 13.0. The van der Waals surface area contributed by atoms with Crippen LogP contribution in [0.5, 0.6) is 0 Å². The number of nitrogens with one attached hydrogen (secondary N) is 1. The first-order chi connectivity index (χ1) is 14.0. The molecule has 2 heterocycles. The van der Waals surface area contributed by atoms with Crippen molar-refractivity contribution in [2.45, 2.75) is 23.8 Å². The van der Waals surface area contributed by atoms with E-state index < -0.39 is 10.0 Å². The third-order valence-corrected chi connectivity index (χ3v) is 7.50. The molecule has 1 atom stereocenters.